The molecule has 3 rings (SSSR count). The van der Waals surface area contributed by atoms with Gasteiger partial charge in [0.05, 0.1) is 0 Å². The van der Waals surface area contributed by atoms with Crippen LogP contribution in [0.15, 0.2) is 72.8 Å². The summed E-state index contributed by atoms with van der Waals surface area (Å²) in [7, 11) is 0. The minimum absolute atomic E-state index is 0.0744. The fourth-order valence-electron chi connectivity index (χ4n) is 2.81. The van der Waals surface area contributed by atoms with Gasteiger partial charge in [-0.3, -0.25) is 10.8 Å². The molecule has 0 aliphatic rings. The summed E-state index contributed by atoms with van der Waals surface area (Å²) in [5.74, 6) is 0.155. The number of nitrogens with one attached hydrogen (secondary N) is 2. The third kappa shape index (κ3) is 3.75. The predicted octanol–water partition coefficient (Wildman–Crippen LogP) is 3.51. The van der Waals surface area contributed by atoms with E-state index < -0.39 is 0 Å². The number of nitrogen functional groups attached to an aromatic ring is 2. The van der Waals surface area contributed by atoms with Crippen LogP contribution in [0.5, 0.6) is 0 Å². The zero-order chi connectivity index (χ0) is 17.8. The molecule has 0 saturated heterocycles. The molecular formula is C21H20N4. The summed E-state index contributed by atoms with van der Waals surface area (Å²) in [6, 6.07) is 23.8. The van der Waals surface area contributed by atoms with Crippen molar-refractivity contribution in [1.29, 1.82) is 10.8 Å². The summed E-state index contributed by atoms with van der Waals surface area (Å²) in [6.07, 6.45) is 0.794. The monoisotopic (exact) mass is 328 g/mol. The Morgan fingerprint density at radius 2 is 1.20 bits per heavy atom. The fourth-order valence-corrected chi connectivity index (χ4v) is 2.81. The van der Waals surface area contributed by atoms with Gasteiger partial charge in [0.15, 0.2) is 0 Å². The Balaban J connectivity index is 1.90. The molecule has 0 radical (unpaired) electrons. The van der Waals surface area contributed by atoms with Crippen LogP contribution in [-0.2, 0) is 6.42 Å². The van der Waals surface area contributed by atoms with Crippen LogP contribution in [0, 0.1) is 10.8 Å². The number of nitrogens with two attached hydrogens (primary N) is 2. The molecule has 0 aliphatic carbocycles. The molecule has 6 N–H and O–H groups in total. The number of benzene rings is 3. The summed E-state index contributed by atoms with van der Waals surface area (Å²) >= 11 is 0. The van der Waals surface area contributed by atoms with Crippen LogP contribution < -0.4 is 11.5 Å². The van der Waals surface area contributed by atoms with Gasteiger partial charge in [-0.15, -0.1) is 0 Å². The van der Waals surface area contributed by atoms with E-state index in [4.69, 9.17) is 22.3 Å². The van der Waals surface area contributed by atoms with Crippen LogP contribution in [0.2, 0.25) is 0 Å². The summed E-state index contributed by atoms with van der Waals surface area (Å²) in [6.45, 7) is 0. The van der Waals surface area contributed by atoms with Crippen molar-refractivity contribution in [3.8, 4) is 11.1 Å². The van der Waals surface area contributed by atoms with Crippen molar-refractivity contribution in [3.63, 3.8) is 0 Å². The maximum atomic E-state index is 7.50. The van der Waals surface area contributed by atoms with Gasteiger partial charge in [0, 0.05) is 11.1 Å². The first-order valence-corrected chi connectivity index (χ1v) is 8.00. The molecule has 0 spiro atoms. The van der Waals surface area contributed by atoms with E-state index in [9.17, 15) is 0 Å². The van der Waals surface area contributed by atoms with Gasteiger partial charge in [-0.1, -0.05) is 72.8 Å². The van der Waals surface area contributed by atoms with Crippen LogP contribution in [0.25, 0.3) is 11.1 Å². The van der Waals surface area contributed by atoms with E-state index in [2.05, 4.69) is 12.1 Å². The molecule has 4 heteroatoms. The van der Waals surface area contributed by atoms with Gasteiger partial charge >= 0.3 is 0 Å². The average Bonchev–Trinajstić information content (AvgIpc) is 2.63. The van der Waals surface area contributed by atoms with Crippen LogP contribution in [0.3, 0.4) is 0 Å². The zero-order valence-electron chi connectivity index (χ0n) is 13.8. The first-order valence-electron chi connectivity index (χ1n) is 8.00. The highest BCUT2D eigenvalue weighted by Crippen LogP contribution is 2.26. The Labute approximate surface area is 147 Å². The van der Waals surface area contributed by atoms with Crippen molar-refractivity contribution < 1.29 is 0 Å². The van der Waals surface area contributed by atoms with Crippen molar-refractivity contribution in [2.45, 2.75) is 6.42 Å². The standard InChI is InChI=1S/C21H20N4/c22-20(23)16-7-5-14(6-8-16)13-18-3-1-2-4-19(18)15-9-11-17(12-10-15)21(24)25/h1-12H,13H2,(H3,22,23)(H3,24,25). The molecule has 0 heterocycles. The third-order valence-electron chi connectivity index (χ3n) is 4.18. The van der Waals surface area contributed by atoms with Gasteiger partial charge in [0.2, 0.25) is 0 Å². The Bertz CT molecular complexity index is 909. The summed E-state index contributed by atoms with van der Waals surface area (Å²) in [5.41, 5.74) is 17.1. The average molecular weight is 328 g/mol. The maximum Gasteiger partial charge on any atom is 0.122 e. The minimum Gasteiger partial charge on any atom is -0.384 e. The number of hydrogen-bond donors (Lipinski definition) is 4. The van der Waals surface area contributed by atoms with E-state index in [1.807, 2.05) is 60.7 Å². The fraction of sp³-hybridized carbons (Fsp3) is 0.0476. The van der Waals surface area contributed by atoms with Crippen molar-refractivity contribution in [2.75, 3.05) is 0 Å². The quantitative estimate of drug-likeness (QED) is 0.425. The SMILES string of the molecule is N=C(N)c1ccc(Cc2ccccc2-c2ccc(C(=N)N)cc2)cc1. The lowest BCUT2D eigenvalue weighted by molar-refractivity contribution is 1.19. The smallest absolute Gasteiger partial charge is 0.122 e. The normalized spacial score (nSPS) is 10.4. The van der Waals surface area contributed by atoms with Gasteiger partial charge < -0.3 is 11.5 Å². The first-order chi connectivity index (χ1) is 12.0. The second-order valence-corrected chi connectivity index (χ2v) is 5.94. The molecule has 0 unspecified atom stereocenters. The third-order valence-corrected chi connectivity index (χ3v) is 4.18. The van der Waals surface area contributed by atoms with E-state index in [0.29, 0.717) is 0 Å². The minimum atomic E-state index is 0.0744. The summed E-state index contributed by atoms with van der Waals surface area (Å²) < 4.78 is 0. The van der Waals surface area contributed by atoms with Gasteiger partial charge in [-0.25, -0.2) is 0 Å². The van der Waals surface area contributed by atoms with Crippen LogP contribution in [0.4, 0.5) is 0 Å². The Morgan fingerprint density at radius 3 is 1.76 bits per heavy atom. The van der Waals surface area contributed by atoms with Gasteiger partial charge in [-0.2, -0.15) is 0 Å². The van der Waals surface area contributed by atoms with E-state index >= 15 is 0 Å². The zero-order valence-corrected chi connectivity index (χ0v) is 13.8. The molecule has 3 aromatic rings. The van der Waals surface area contributed by atoms with Crippen molar-refractivity contribution in [1.82, 2.24) is 0 Å². The highest BCUT2D eigenvalue weighted by Gasteiger charge is 2.07. The maximum absolute atomic E-state index is 7.50. The van der Waals surface area contributed by atoms with E-state index in [-0.39, 0.29) is 11.7 Å². The molecule has 0 aromatic heterocycles. The topological polar surface area (TPSA) is 99.7 Å². The number of hydrogen-bond acceptors (Lipinski definition) is 2. The van der Waals surface area contributed by atoms with Gasteiger partial charge in [0.25, 0.3) is 0 Å². The molecule has 0 amide bonds. The largest absolute Gasteiger partial charge is 0.384 e. The molecule has 4 nitrogen and oxygen atoms in total. The molecule has 0 bridgehead atoms. The van der Waals surface area contributed by atoms with Crippen LogP contribution >= 0.6 is 0 Å². The van der Waals surface area contributed by atoms with E-state index in [1.54, 1.807) is 0 Å². The second-order valence-electron chi connectivity index (χ2n) is 5.94. The van der Waals surface area contributed by atoms with Gasteiger partial charge in [0.1, 0.15) is 11.7 Å². The highest BCUT2D eigenvalue weighted by atomic mass is 14.7. The van der Waals surface area contributed by atoms with E-state index in [1.165, 1.54) is 5.56 Å². The lowest BCUT2D eigenvalue weighted by atomic mass is 9.94. The molecular weight excluding hydrogens is 308 g/mol. The Morgan fingerprint density at radius 1 is 0.680 bits per heavy atom. The van der Waals surface area contributed by atoms with Crippen LogP contribution in [-0.4, -0.2) is 11.7 Å². The lowest BCUT2D eigenvalue weighted by Crippen LogP contribution is -2.10. The highest BCUT2D eigenvalue weighted by molar-refractivity contribution is 5.95. The molecule has 3 aromatic carbocycles. The van der Waals surface area contributed by atoms with Gasteiger partial charge in [-0.05, 0) is 28.7 Å². The Kier molecular flexibility index (Phi) is 4.61. The Hall–Kier alpha value is -3.40. The van der Waals surface area contributed by atoms with Crippen molar-refractivity contribution >= 4 is 11.7 Å². The molecule has 0 atom stereocenters. The lowest BCUT2D eigenvalue weighted by Gasteiger charge is -2.11. The second kappa shape index (κ2) is 7.01. The molecule has 0 saturated carbocycles. The molecule has 25 heavy (non-hydrogen) atoms. The molecule has 0 aliphatic heterocycles. The summed E-state index contributed by atoms with van der Waals surface area (Å²) in [4.78, 5) is 0. The predicted molar refractivity (Wildman–Crippen MR) is 103 cm³/mol. The number of rotatable bonds is 5. The number of amidine groups is 2. The summed E-state index contributed by atoms with van der Waals surface area (Å²) in [5, 5.41) is 15.0. The van der Waals surface area contributed by atoms with E-state index in [0.717, 1.165) is 34.2 Å². The van der Waals surface area contributed by atoms with Crippen LogP contribution in [0.1, 0.15) is 22.3 Å². The molecule has 0 fully saturated rings. The van der Waals surface area contributed by atoms with Crippen molar-refractivity contribution in [2.24, 2.45) is 11.5 Å². The first kappa shape index (κ1) is 16.5. The molecule has 124 valence electrons. The van der Waals surface area contributed by atoms with Crippen molar-refractivity contribution in [3.05, 3.63) is 95.1 Å².